The third kappa shape index (κ3) is 2.96. The Morgan fingerprint density at radius 2 is 2.05 bits per heavy atom. The molecule has 0 bridgehead atoms. The number of rotatable bonds is 4. The quantitative estimate of drug-likeness (QED) is 0.891. The highest BCUT2D eigenvalue weighted by Crippen LogP contribution is 2.13. The maximum absolute atomic E-state index is 12.2. The van der Waals surface area contributed by atoms with Crippen LogP contribution in [0.25, 0.3) is 0 Å². The molecule has 0 aromatic carbocycles. The van der Waals surface area contributed by atoms with Gasteiger partial charge < -0.3 is 15.2 Å². The van der Waals surface area contributed by atoms with Gasteiger partial charge in [0.05, 0.1) is 5.69 Å². The van der Waals surface area contributed by atoms with Crippen LogP contribution < -0.4 is 10.6 Å². The molecule has 2 heterocycles. The summed E-state index contributed by atoms with van der Waals surface area (Å²) in [5.74, 6) is 1.25. The van der Waals surface area contributed by atoms with Gasteiger partial charge in [0.2, 0.25) is 0 Å². The fourth-order valence-electron chi connectivity index (χ4n) is 1.95. The molecule has 2 aromatic rings. The molecule has 0 saturated carbocycles. The van der Waals surface area contributed by atoms with Crippen molar-refractivity contribution in [3.8, 4) is 0 Å². The van der Waals surface area contributed by atoms with Crippen LogP contribution in [0.2, 0.25) is 0 Å². The van der Waals surface area contributed by atoms with Crippen LogP contribution in [0.1, 0.15) is 33.1 Å². The summed E-state index contributed by atoms with van der Waals surface area (Å²) in [5.41, 5.74) is 3.08. The van der Waals surface area contributed by atoms with E-state index in [1.165, 1.54) is 0 Å². The first kappa shape index (κ1) is 14.0. The summed E-state index contributed by atoms with van der Waals surface area (Å²) >= 11 is 0. The second-order valence-corrected chi connectivity index (χ2v) is 4.62. The van der Waals surface area contributed by atoms with E-state index in [0.717, 1.165) is 22.7 Å². The Hall–Kier alpha value is -2.37. The SMILES string of the molecule is CNc1cc(C(=O)NCc2c(C)noc2C)cc(C)n1. The number of hydrogen-bond acceptors (Lipinski definition) is 5. The van der Waals surface area contributed by atoms with Crippen molar-refractivity contribution in [3.63, 3.8) is 0 Å². The molecule has 1 amide bonds. The summed E-state index contributed by atoms with van der Waals surface area (Å²) in [6.07, 6.45) is 0. The molecule has 106 valence electrons. The summed E-state index contributed by atoms with van der Waals surface area (Å²) in [5, 5.41) is 9.66. The minimum absolute atomic E-state index is 0.146. The van der Waals surface area contributed by atoms with Gasteiger partial charge in [0.25, 0.3) is 5.91 Å². The van der Waals surface area contributed by atoms with Gasteiger partial charge in [-0.05, 0) is 32.9 Å². The Labute approximate surface area is 117 Å². The van der Waals surface area contributed by atoms with Crippen LogP contribution in [0.4, 0.5) is 5.82 Å². The van der Waals surface area contributed by atoms with Crippen LogP contribution in [0, 0.1) is 20.8 Å². The Morgan fingerprint density at radius 1 is 1.30 bits per heavy atom. The van der Waals surface area contributed by atoms with Gasteiger partial charge in [0, 0.05) is 30.4 Å². The molecule has 0 aliphatic rings. The predicted octanol–water partition coefficient (Wildman–Crippen LogP) is 1.97. The second kappa shape index (κ2) is 5.73. The number of hydrogen-bond donors (Lipinski definition) is 2. The summed E-state index contributed by atoms with van der Waals surface area (Å²) in [6.45, 7) is 5.94. The molecule has 0 unspecified atom stereocenters. The van der Waals surface area contributed by atoms with Crippen molar-refractivity contribution in [1.29, 1.82) is 0 Å². The van der Waals surface area contributed by atoms with Crippen LogP contribution in [0.15, 0.2) is 16.7 Å². The van der Waals surface area contributed by atoms with E-state index in [4.69, 9.17) is 4.52 Å². The van der Waals surface area contributed by atoms with Crippen molar-refractivity contribution in [2.75, 3.05) is 12.4 Å². The fourth-order valence-corrected chi connectivity index (χ4v) is 1.95. The van der Waals surface area contributed by atoms with Gasteiger partial charge >= 0.3 is 0 Å². The Balaban J connectivity index is 2.11. The number of carbonyl (C=O) groups is 1. The van der Waals surface area contributed by atoms with E-state index in [2.05, 4.69) is 20.8 Å². The van der Waals surface area contributed by atoms with Crippen LogP contribution in [-0.2, 0) is 6.54 Å². The zero-order valence-electron chi connectivity index (χ0n) is 12.1. The molecule has 0 saturated heterocycles. The standard InChI is InChI=1S/C14H18N4O2/c1-8-5-11(6-13(15-4)17-8)14(19)16-7-12-9(2)18-20-10(12)3/h5-6H,7H2,1-4H3,(H,15,17)(H,16,19). The number of aromatic nitrogens is 2. The normalized spacial score (nSPS) is 10.4. The van der Waals surface area contributed by atoms with E-state index in [0.29, 0.717) is 17.9 Å². The van der Waals surface area contributed by atoms with Crippen molar-refractivity contribution < 1.29 is 9.32 Å². The third-order valence-corrected chi connectivity index (χ3v) is 3.08. The zero-order valence-corrected chi connectivity index (χ0v) is 12.1. The zero-order chi connectivity index (χ0) is 14.7. The molecule has 0 radical (unpaired) electrons. The van der Waals surface area contributed by atoms with Crippen molar-refractivity contribution in [2.24, 2.45) is 0 Å². The van der Waals surface area contributed by atoms with Gasteiger partial charge in [-0.1, -0.05) is 5.16 Å². The van der Waals surface area contributed by atoms with E-state index in [1.807, 2.05) is 20.8 Å². The Bertz CT molecular complexity index is 615. The molecule has 6 nitrogen and oxygen atoms in total. The molecule has 2 N–H and O–H groups in total. The van der Waals surface area contributed by atoms with Crippen LogP contribution in [0.5, 0.6) is 0 Å². The number of amides is 1. The third-order valence-electron chi connectivity index (χ3n) is 3.08. The van der Waals surface area contributed by atoms with E-state index in [9.17, 15) is 4.79 Å². The van der Waals surface area contributed by atoms with E-state index in [-0.39, 0.29) is 5.91 Å². The van der Waals surface area contributed by atoms with E-state index in [1.54, 1.807) is 19.2 Å². The average molecular weight is 274 g/mol. The lowest BCUT2D eigenvalue weighted by Crippen LogP contribution is -2.23. The minimum atomic E-state index is -0.146. The van der Waals surface area contributed by atoms with Gasteiger partial charge in [0.15, 0.2) is 0 Å². The molecule has 0 aliphatic carbocycles. The first-order valence-corrected chi connectivity index (χ1v) is 6.37. The number of anilines is 1. The molecular formula is C14H18N4O2. The predicted molar refractivity (Wildman–Crippen MR) is 75.7 cm³/mol. The summed E-state index contributed by atoms with van der Waals surface area (Å²) < 4.78 is 5.07. The van der Waals surface area contributed by atoms with Gasteiger partial charge in [-0.25, -0.2) is 4.98 Å². The molecular weight excluding hydrogens is 256 g/mol. The lowest BCUT2D eigenvalue weighted by atomic mass is 10.2. The molecule has 0 fully saturated rings. The fraction of sp³-hybridized carbons (Fsp3) is 0.357. The van der Waals surface area contributed by atoms with E-state index >= 15 is 0 Å². The molecule has 0 spiro atoms. The average Bonchev–Trinajstić information content (AvgIpc) is 2.74. The molecule has 0 atom stereocenters. The minimum Gasteiger partial charge on any atom is -0.373 e. The number of pyridine rings is 1. The molecule has 2 aromatic heterocycles. The van der Waals surface area contributed by atoms with Gasteiger partial charge in [-0.2, -0.15) is 0 Å². The van der Waals surface area contributed by atoms with Crippen molar-refractivity contribution in [1.82, 2.24) is 15.5 Å². The monoisotopic (exact) mass is 274 g/mol. The largest absolute Gasteiger partial charge is 0.373 e. The smallest absolute Gasteiger partial charge is 0.251 e. The van der Waals surface area contributed by atoms with Crippen LogP contribution in [-0.4, -0.2) is 23.1 Å². The lowest BCUT2D eigenvalue weighted by Gasteiger charge is -2.07. The molecule has 2 rings (SSSR count). The first-order chi connectivity index (χ1) is 9.51. The summed E-state index contributed by atoms with van der Waals surface area (Å²) in [7, 11) is 1.77. The number of carbonyl (C=O) groups excluding carboxylic acids is 1. The van der Waals surface area contributed by atoms with Crippen molar-refractivity contribution >= 4 is 11.7 Å². The van der Waals surface area contributed by atoms with Gasteiger partial charge in [-0.3, -0.25) is 4.79 Å². The molecule has 0 aliphatic heterocycles. The van der Waals surface area contributed by atoms with Crippen LogP contribution >= 0.6 is 0 Å². The maximum atomic E-state index is 12.2. The summed E-state index contributed by atoms with van der Waals surface area (Å²) in [4.78, 5) is 16.4. The van der Waals surface area contributed by atoms with Crippen molar-refractivity contribution in [2.45, 2.75) is 27.3 Å². The highest BCUT2D eigenvalue weighted by Gasteiger charge is 2.12. The topological polar surface area (TPSA) is 80.0 Å². The van der Waals surface area contributed by atoms with Crippen molar-refractivity contribution in [3.05, 3.63) is 40.4 Å². The first-order valence-electron chi connectivity index (χ1n) is 6.37. The lowest BCUT2D eigenvalue weighted by molar-refractivity contribution is 0.0950. The van der Waals surface area contributed by atoms with Gasteiger partial charge in [-0.15, -0.1) is 0 Å². The molecule has 20 heavy (non-hydrogen) atoms. The number of aryl methyl sites for hydroxylation is 3. The maximum Gasteiger partial charge on any atom is 0.251 e. The molecule has 6 heteroatoms. The second-order valence-electron chi connectivity index (χ2n) is 4.62. The summed E-state index contributed by atoms with van der Waals surface area (Å²) in [6, 6.07) is 3.47. The highest BCUT2D eigenvalue weighted by molar-refractivity contribution is 5.94. The Kier molecular flexibility index (Phi) is 4.02. The Morgan fingerprint density at radius 3 is 2.65 bits per heavy atom. The highest BCUT2D eigenvalue weighted by atomic mass is 16.5. The van der Waals surface area contributed by atoms with Gasteiger partial charge in [0.1, 0.15) is 11.6 Å². The van der Waals surface area contributed by atoms with E-state index < -0.39 is 0 Å². The number of nitrogens with one attached hydrogen (secondary N) is 2. The van der Waals surface area contributed by atoms with Crippen LogP contribution in [0.3, 0.4) is 0 Å². The number of nitrogens with zero attached hydrogens (tertiary/aromatic N) is 2.